The third-order valence-electron chi connectivity index (χ3n) is 3.96. The average Bonchev–Trinajstić information content (AvgIpc) is 3.32. The summed E-state index contributed by atoms with van der Waals surface area (Å²) in [5, 5.41) is 11.1. The largest absolute Gasteiger partial charge is 0.469 e. The minimum absolute atomic E-state index is 0.575. The second-order valence-electron chi connectivity index (χ2n) is 5.98. The van der Waals surface area contributed by atoms with Crippen LogP contribution < -0.4 is 10.6 Å². The molecule has 136 valence electrons. The molecule has 0 saturated carbocycles. The van der Waals surface area contributed by atoms with Crippen molar-refractivity contribution in [3.05, 3.63) is 71.9 Å². The average molecular weight is 351 g/mol. The summed E-state index contributed by atoms with van der Waals surface area (Å²) in [6.07, 6.45) is 4.49. The lowest BCUT2D eigenvalue weighted by molar-refractivity contribution is 0.507. The van der Waals surface area contributed by atoms with Crippen LogP contribution in [0.1, 0.15) is 23.9 Å². The van der Waals surface area contributed by atoms with E-state index < -0.39 is 0 Å². The number of aryl methyl sites for hydroxylation is 1. The number of aromatic nitrogens is 2. The number of aliphatic imine (C=N–C) groups is 1. The minimum atomic E-state index is 0.575. The molecule has 6 nitrogen and oxygen atoms in total. The number of hydrogen-bond donors (Lipinski definition) is 2. The summed E-state index contributed by atoms with van der Waals surface area (Å²) in [6, 6.07) is 14.1. The zero-order valence-corrected chi connectivity index (χ0v) is 15.3. The van der Waals surface area contributed by atoms with Crippen molar-refractivity contribution in [2.75, 3.05) is 13.1 Å². The van der Waals surface area contributed by atoms with Crippen LogP contribution in [-0.4, -0.2) is 28.8 Å². The fraction of sp³-hybridized carbons (Fsp3) is 0.300. The molecule has 0 atom stereocenters. The Morgan fingerprint density at radius 1 is 1.15 bits per heavy atom. The van der Waals surface area contributed by atoms with Crippen LogP contribution in [-0.2, 0) is 13.0 Å². The highest BCUT2D eigenvalue weighted by Crippen LogP contribution is 2.15. The maximum atomic E-state index is 5.36. The van der Waals surface area contributed by atoms with E-state index in [9.17, 15) is 0 Å². The van der Waals surface area contributed by atoms with Crippen molar-refractivity contribution in [1.29, 1.82) is 0 Å². The summed E-state index contributed by atoms with van der Waals surface area (Å²) in [5.74, 6) is 1.76. The minimum Gasteiger partial charge on any atom is -0.469 e. The fourth-order valence-corrected chi connectivity index (χ4v) is 2.68. The lowest BCUT2D eigenvalue weighted by Gasteiger charge is -2.12. The van der Waals surface area contributed by atoms with Crippen molar-refractivity contribution in [2.24, 2.45) is 4.99 Å². The standard InChI is InChI=1S/C20H25N5O/c1-3-21-20(22-12-10-18-8-6-14-26-18)23-15-17-7-4-5-9-19(17)25-13-11-16(2)24-25/h4-9,11,13-14H,3,10,12,15H2,1-2H3,(H2,21,22,23). The Balaban J connectivity index is 1.67. The molecule has 0 aliphatic rings. The smallest absolute Gasteiger partial charge is 0.191 e. The summed E-state index contributed by atoms with van der Waals surface area (Å²) >= 11 is 0. The Bertz CT molecular complexity index is 836. The van der Waals surface area contributed by atoms with Gasteiger partial charge >= 0.3 is 0 Å². The van der Waals surface area contributed by atoms with Gasteiger partial charge in [-0.1, -0.05) is 18.2 Å². The van der Waals surface area contributed by atoms with Crippen LogP contribution in [0, 0.1) is 6.92 Å². The highest BCUT2D eigenvalue weighted by atomic mass is 16.3. The molecule has 0 spiro atoms. The summed E-state index contributed by atoms with van der Waals surface area (Å²) < 4.78 is 7.26. The van der Waals surface area contributed by atoms with Gasteiger partial charge in [0.05, 0.1) is 24.2 Å². The molecule has 0 aliphatic carbocycles. The Morgan fingerprint density at radius 2 is 2.04 bits per heavy atom. The van der Waals surface area contributed by atoms with Crippen LogP contribution in [0.5, 0.6) is 0 Å². The topological polar surface area (TPSA) is 67.4 Å². The van der Waals surface area contributed by atoms with Crippen LogP contribution >= 0.6 is 0 Å². The molecule has 3 aromatic rings. The predicted octanol–water partition coefficient (Wildman–Crippen LogP) is 3.07. The Hall–Kier alpha value is -3.02. The predicted molar refractivity (Wildman–Crippen MR) is 104 cm³/mol. The molecule has 3 rings (SSSR count). The van der Waals surface area contributed by atoms with Gasteiger partial charge in [0.15, 0.2) is 5.96 Å². The van der Waals surface area contributed by atoms with Crippen molar-refractivity contribution < 1.29 is 4.42 Å². The van der Waals surface area contributed by atoms with Crippen molar-refractivity contribution in [3.8, 4) is 5.69 Å². The van der Waals surface area contributed by atoms with Gasteiger partial charge in [-0.05, 0) is 43.7 Å². The number of para-hydroxylation sites is 1. The lowest BCUT2D eigenvalue weighted by atomic mass is 10.2. The number of hydrogen-bond acceptors (Lipinski definition) is 3. The first-order valence-electron chi connectivity index (χ1n) is 8.91. The number of nitrogens with zero attached hydrogens (tertiary/aromatic N) is 3. The molecule has 0 aliphatic heterocycles. The molecular formula is C20H25N5O. The number of rotatable bonds is 7. The van der Waals surface area contributed by atoms with Gasteiger partial charge in [-0.2, -0.15) is 5.10 Å². The number of benzene rings is 1. The molecule has 0 unspecified atom stereocenters. The second-order valence-corrected chi connectivity index (χ2v) is 5.98. The molecule has 6 heteroatoms. The molecule has 2 heterocycles. The number of furan rings is 1. The zero-order valence-electron chi connectivity index (χ0n) is 15.3. The summed E-state index contributed by atoms with van der Waals surface area (Å²) in [6.45, 7) is 6.20. The van der Waals surface area contributed by atoms with E-state index in [1.54, 1.807) is 6.26 Å². The molecule has 0 radical (unpaired) electrons. The number of nitrogens with one attached hydrogen (secondary N) is 2. The van der Waals surface area contributed by atoms with Gasteiger partial charge in [0, 0.05) is 25.7 Å². The van der Waals surface area contributed by atoms with E-state index in [4.69, 9.17) is 9.41 Å². The van der Waals surface area contributed by atoms with Crippen LogP contribution in [0.2, 0.25) is 0 Å². The molecule has 0 saturated heterocycles. The first-order chi connectivity index (χ1) is 12.8. The van der Waals surface area contributed by atoms with Crippen LogP contribution in [0.25, 0.3) is 5.69 Å². The maximum absolute atomic E-state index is 5.36. The van der Waals surface area contributed by atoms with Crippen molar-refractivity contribution >= 4 is 5.96 Å². The van der Waals surface area contributed by atoms with Gasteiger partial charge in [0.2, 0.25) is 0 Å². The normalized spacial score (nSPS) is 11.5. The maximum Gasteiger partial charge on any atom is 0.191 e. The summed E-state index contributed by atoms with van der Waals surface area (Å²) in [4.78, 5) is 4.72. The first-order valence-corrected chi connectivity index (χ1v) is 8.91. The van der Waals surface area contributed by atoms with Gasteiger partial charge in [0.1, 0.15) is 5.76 Å². The van der Waals surface area contributed by atoms with Crippen molar-refractivity contribution in [3.63, 3.8) is 0 Å². The third kappa shape index (κ3) is 4.75. The van der Waals surface area contributed by atoms with Crippen molar-refractivity contribution in [1.82, 2.24) is 20.4 Å². The van der Waals surface area contributed by atoms with Crippen LogP contribution in [0.3, 0.4) is 0 Å². The van der Waals surface area contributed by atoms with Crippen molar-refractivity contribution in [2.45, 2.75) is 26.8 Å². The van der Waals surface area contributed by atoms with Gasteiger partial charge in [-0.25, -0.2) is 9.67 Å². The Labute approximate surface area is 153 Å². The zero-order chi connectivity index (χ0) is 18.2. The molecule has 0 bridgehead atoms. The van der Waals surface area contributed by atoms with E-state index in [0.29, 0.717) is 6.54 Å². The molecule has 0 fully saturated rings. The Morgan fingerprint density at radius 3 is 2.77 bits per heavy atom. The van der Waals surface area contributed by atoms with E-state index >= 15 is 0 Å². The fourth-order valence-electron chi connectivity index (χ4n) is 2.68. The molecular weight excluding hydrogens is 326 g/mol. The van der Waals surface area contributed by atoms with Gasteiger partial charge in [0.25, 0.3) is 0 Å². The second kappa shape index (κ2) is 8.89. The summed E-state index contributed by atoms with van der Waals surface area (Å²) in [5.41, 5.74) is 3.17. The highest BCUT2D eigenvalue weighted by Gasteiger charge is 2.06. The molecule has 2 N–H and O–H groups in total. The third-order valence-corrected chi connectivity index (χ3v) is 3.96. The van der Waals surface area contributed by atoms with E-state index in [2.05, 4.69) is 34.8 Å². The van der Waals surface area contributed by atoms with Gasteiger partial charge in [-0.3, -0.25) is 0 Å². The molecule has 0 amide bonds. The summed E-state index contributed by atoms with van der Waals surface area (Å²) in [7, 11) is 0. The Kier molecular flexibility index (Phi) is 6.09. The quantitative estimate of drug-likeness (QED) is 0.507. The van der Waals surface area contributed by atoms with Crippen LogP contribution in [0.15, 0.2) is 64.3 Å². The van der Waals surface area contributed by atoms with Crippen LogP contribution in [0.4, 0.5) is 0 Å². The molecule has 2 aromatic heterocycles. The van der Waals surface area contributed by atoms with E-state index in [1.165, 1.54) is 0 Å². The monoisotopic (exact) mass is 351 g/mol. The highest BCUT2D eigenvalue weighted by molar-refractivity contribution is 5.79. The SMILES string of the molecule is CCNC(=NCc1ccccc1-n1ccc(C)n1)NCCc1ccco1. The van der Waals surface area contributed by atoms with E-state index in [-0.39, 0.29) is 0 Å². The molecule has 1 aromatic carbocycles. The number of guanidine groups is 1. The van der Waals surface area contributed by atoms with Gasteiger partial charge < -0.3 is 15.1 Å². The van der Waals surface area contributed by atoms with E-state index in [1.807, 2.05) is 48.1 Å². The first kappa shape index (κ1) is 17.8. The van der Waals surface area contributed by atoms with E-state index in [0.717, 1.165) is 48.2 Å². The lowest BCUT2D eigenvalue weighted by Crippen LogP contribution is -2.38. The molecule has 26 heavy (non-hydrogen) atoms. The van der Waals surface area contributed by atoms with Gasteiger partial charge in [-0.15, -0.1) is 0 Å².